The Morgan fingerprint density at radius 1 is 1.46 bits per heavy atom. The summed E-state index contributed by atoms with van der Waals surface area (Å²) in [4.78, 5) is 45.2. The van der Waals surface area contributed by atoms with Crippen molar-refractivity contribution in [1.29, 1.82) is 0 Å². The van der Waals surface area contributed by atoms with Crippen molar-refractivity contribution in [3.8, 4) is 0 Å². The minimum Gasteiger partial charge on any atom is -0.477 e. The normalized spacial score (nSPS) is 26.2. The number of hydrogen-bond donors (Lipinski definition) is 5. The van der Waals surface area contributed by atoms with Gasteiger partial charge in [0.2, 0.25) is 11.7 Å². The molecule has 6 N–H and O–H groups in total. The lowest BCUT2D eigenvalue weighted by Crippen LogP contribution is -2.61. The number of nitrogens with one attached hydrogen (secondary N) is 3. The summed E-state index contributed by atoms with van der Waals surface area (Å²) >= 11 is 1.30. The third-order valence-corrected chi connectivity index (χ3v) is 8.41. The Balaban J connectivity index is 1.45. The van der Waals surface area contributed by atoms with Crippen LogP contribution in [0.25, 0.3) is 0 Å². The van der Waals surface area contributed by atoms with Crippen LogP contribution in [0.2, 0.25) is 0 Å². The number of likely N-dealkylation sites (N-methyl/N-ethyl adjacent to an activating group) is 1. The molecule has 1 saturated heterocycles. The number of carbonyl (C=O) groups excluding carboxylic acids is 2. The molecule has 0 bridgehead atoms. The Labute approximate surface area is 232 Å². The number of ether oxygens (including phenoxy) is 1. The van der Waals surface area contributed by atoms with E-state index in [0.717, 1.165) is 5.82 Å². The molecule has 39 heavy (non-hydrogen) atoms. The van der Waals surface area contributed by atoms with Crippen molar-refractivity contribution in [3.05, 3.63) is 47.1 Å². The number of hydrazine groups is 1. The molecule has 0 aromatic carbocycles. The van der Waals surface area contributed by atoms with E-state index < -0.39 is 28.5 Å². The molecular weight excluding hydrogens is 524 g/mol. The van der Waals surface area contributed by atoms with Crippen LogP contribution in [0.3, 0.4) is 0 Å². The van der Waals surface area contributed by atoms with Crippen molar-refractivity contribution < 1.29 is 24.2 Å². The van der Waals surface area contributed by atoms with Crippen LogP contribution in [-0.2, 0) is 19.1 Å². The maximum absolute atomic E-state index is 13.1. The number of fused-ring (bicyclic) bond motifs is 1. The average Bonchev–Trinajstić information content (AvgIpc) is 3.24. The molecule has 0 aliphatic carbocycles. The van der Waals surface area contributed by atoms with Crippen LogP contribution < -0.4 is 21.2 Å². The van der Waals surface area contributed by atoms with E-state index in [2.05, 4.69) is 26.9 Å². The molecule has 13 nitrogen and oxygen atoms in total. The van der Waals surface area contributed by atoms with Crippen molar-refractivity contribution in [2.24, 2.45) is 16.8 Å². The van der Waals surface area contributed by atoms with Crippen LogP contribution >= 0.6 is 11.9 Å². The first kappa shape index (κ1) is 28.7. The molecule has 212 valence electrons. The average molecular weight is 561 g/mol. The maximum atomic E-state index is 13.1. The summed E-state index contributed by atoms with van der Waals surface area (Å²) in [6.45, 7) is 10.9. The highest BCUT2D eigenvalue weighted by atomic mass is 32.2. The molecule has 4 heterocycles. The number of dihydropyridines is 1. The number of carboxylic acids is 1. The predicted octanol–water partition coefficient (Wildman–Crippen LogP) is 0.0426. The van der Waals surface area contributed by atoms with Crippen molar-refractivity contribution in [2.45, 2.75) is 43.9 Å². The number of rotatable bonds is 10. The first-order valence-corrected chi connectivity index (χ1v) is 13.3. The molecule has 3 unspecified atom stereocenters. The minimum absolute atomic E-state index is 0.126. The first-order valence-electron chi connectivity index (χ1n) is 12.4. The quantitative estimate of drug-likeness (QED) is 0.106. The van der Waals surface area contributed by atoms with Crippen molar-refractivity contribution in [2.75, 3.05) is 33.9 Å². The number of Topliss-reactive ketones (excluding diaryl/α,β-unsaturated/α-hetero) is 1. The highest BCUT2D eigenvalue weighted by Gasteiger charge is 2.48. The summed E-state index contributed by atoms with van der Waals surface area (Å²) < 4.78 is 8.26. The third-order valence-electron chi connectivity index (χ3n) is 7.48. The Morgan fingerprint density at radius 2 is 2.15 bits per heavy atom. The molecule has 0 spiro atoms. The number of ketones is 1. The molecule has 14 heteroatoms. The number of nitrogens with two attached hydrogens (primary N) is 1. The van der Waals surface area contributed by atoms with E-state index >= 15 is 0 Å². The summed E-state index contributed by atoms with van der Waals surface area (Å²) in [6.07, 6.45) is 4.52. The third kappa shape index (κ3) is 5.41. The van der Waals surface area contributed by atoms with Crippen molar-refractivity contribution in [1.82, 2.24) is 30.2 Å². The topological polar surface area (TPSA) is 165 Å². The van der Waals surface area contributed by atoms with E-state index in [1.54, 1.807) is 37.3 Å². The molecule has 0 aromatic rings. The second-order valence-electron chi connectivity index (χ2n) is 10.6. The molecule has 1 amide bonds. The van der Waals surface area contributed by atoms with Gasteiger partial charge in [0.15, 0.2) is 4.99 Å². The van der Waals surface area contributed by atoms with Crippen molar-refractivity contribution >= 4 is 35.9 Å². The first-order chi connectivity index (χ1) is 18.3. The van der Waals surface area contributed by atoms with Gasteiger partial charge in [0.1, 0.15) is 17.6 Å². The summed E-state index contributed by atoms with van der Waals surface area (Å²) in [7, 11) is 3.35. The lowest BCUT2D eigenvalue weighted by Gasteiger charge is -2.49. The van der Waals surface area contributed by atoms with Gasteiger partial charge < -0.3 is 35.0 Å². The number of nitrogens with zero attached hydrogens (tertiary/aromatic N) is 4. The number of likely N-dealkylation sites (tertiary alicyclic amines) is 1. The molecule has 1 fully saturated rings. The fourth-order valence-corrected chi connectivity index (χ4v) is 5.71. The van der Waals surface area contributed by atoms with Crippen LogP contribution in [0.15, 0.2) is 52.1 Å². The number of hydrogen-bond acceptors (Lipinski definition) is 12. The number of carbonyl (C=O) groups is 3. The summed E-state index contributed by atoms with van der Waals surface area (Å²) in [5.41, 5.74) is 0.741. The molecule has 0 saturated carbocycles. The number of aliphatic imine (C=N–C) groups is 1. The maximum Gasteiger partial charge on any atom is 0.341 e. The largest absolute Gasteiger partial charge is 0.477 e. The summed E-state index contributed by atoms with van der Waals surface area (Å²) in [5, 5.41) is 17.5. The van der Waals surface area contributed by atoms with E-state index in [1.807, 2.05) is 24.8 Å². The molecule has 3 atom stereocenters. The van der Waals surface area contributed by atoms with Crippen LogP contribution in [0.5, 0.6) is 0 Å². The Bertz CT molecular complexity index is 1210. The Morgan fingerprint density at radius 3 is 2.72 bits per heavy atom. The van der Waals surface area contributed by atoms with Gasteiger partial charge in [0.25, 0.3) is 0 Å². The van der Waals surface area contributed by atoms with E-state index in [4.69, 9.17) is 10.6 Å². The van der Waals surface area contributed by atoms with Crippen LogP contribution in [0.4, 0.5) is 0 Å². The molecule has 0 aromatic heterocycles. The van der Waals surface area contributed by atoms with Gasteiger partial charge in [0, 0.05) is 63.1 Å². The SMILES string of the molecule is C=C(CC(C)(COC)N(C)N)NC(=O)C1CN(C2=CC(C)=C3C(=O)C(C(=O)O)=CN(C4(C)N=CNS4)C3N2)C1. The molecule has 0 radical (unpaired) electrons. The number of amides is 1. The standard InChI is InChI=1S/C25H36N8O5S/c1-14-7-18(32-9-16(10-32)22(35)29-15(2)8-24(3,12-38-6)31(5)26)30-21-19(14)20(34)17(23(36)37)11-33(21)25(4)27-13-28-39-25/h7,11,13,16,21,30H,2,8-10,12,26H2,1,3-6H3,(H,27,28)(H,29,35)(H,36,37). The van der Waals surface area contributed by atoms with Crippen LogP contribution in [0, 0.1) is 5.92 Å². The monoisotopic (exact) mass is 560 g/mol. The second kappa shape index (κ2) is 10.7. The van der Waals surface area contributed by atoms with Gasteiger partial charge in [0.05, 0.1) is 24.4 Å². The number of allylic oxidation sites excluding steroid dienone is 2. The van der Waals surface area contributed by atoms with Gasteiger partial charge in [-0.15, -0.1) is 0 Å². The van der Waals surface area contributed by atoms with Gasteiger partial charge in [-0.05, 0) is 32.4 Å². The van der Waals surface area contributed by atoms with Crippen LogP contribution in [-0.4, -0.2) is 94.5 Å². The molecule has 4 rings (SSSR count). The molecular formula is C25H36N8O5S. The van der Waals surface area contributed by atoms with E-state index in [1.165, 1.54) is 18.1 Å². The second-order valence-corrected chi connectivity index (χ2v) is 11.8. The Hall–Kier alpha value is -3.33. The predicted molar refractivity (Wildman–Crippen MR) is 147 cm³/mol. The fourth-order valence-electron chi connectivity index (χ4n) is 5.02. The number of aliphatic carboxylic acids is 1. The van der Waals surface area contributed by atoms with E-state index in [-0.39, 0.29) is 17.4 Å². The van der Waals surface area contributed by atoms with E-state index in [9.17, 15) is 19.5 Å². The van der Waals surface area contributed by atoms with Crippen molar-refractivity contribution in [3.63, 3.8) is 0 Å². The number of carboxylic acid groups (broad SMARTS) is 1. The lowest BCUT2D eigenvalue weighted by atomic mass is 9.89. The van der Waals surface area contributed by atoms with E-state index in [0.29, 0.717) is 43.0 Å². The van der Waals surface area contributed by atoms with Crippen LogP contribution in [0.1, 0.15) is 27.2 Å². The number of methoxy groups -OCH3 is 1. The van der Waals surface area contributed by atoms with Gasteiger partial charge in [-0.1, -0.05) is 6.58 Å². The van der Waals surface area contributed by atoms with Gasteiger partial charge in [-0.2, -0.15) is 0 Å². The smallest absolute Gasteiger partial charge is 0.341 e. The highest BCUT2D eigenvalue weighted by Crippen LogP contribution is 2.40. The van der Waals surface area contributed by atoms with Gasteiger partial charge in [-0.3, -0.25) is 15.4 Å². The highest BCUT2D eigenvalue weighted by molar-refractivity contribution is 7.99. The minimum atomic E-state index is -1.29. The molecule has 4 aliphatic heterocycles. The Kier molecular flexibility index (Phi) is 7.85. The lowest BCUT2D eigenvalue weighted by molar-refractivity contribution is -0.134. The summed E-state index contributed by atoms with van der Waals surface area (Å²) in [6, 6.07) is 0. The fraction of sp³-hybridized carbons (Fsp3) is 0.520. The zero-order chi connectivity index (χ0) is 28.7. The molecule has 4 aliphatic rings. The van der Waals surface area contributed by atoms with Gasteiger partial charge >= 0.3 is 5.97 Å². The zero-order valence-electron chi connectivity index (χ0n) is 22.8. The summed E-state index contributed by atoms with van der Waals surface area (Å²) in [5.74, 6) is 4.53. The zero-order valence-corrected chi connectivity index (χ0v) is 23.6. The van der Waals surface area contributed by atoms with Gasteiger partial charge in [-0.25, -0.2) is 14.8 Å².